The number of nitrogens with one attached hydrogen (secondary N) is 1. The molecule has 1 saturated heterocycles. The first kappa shape index (κ1) is 15.5. The number of carbonyl (C=O) groups excluding carboxylic acids is 1. The average molecular weight is 294 g/mol. The molecule has 0 radical (unpaired) electrons. The van der Waals surface area contributed by atoms with Gasteiger partial charge in [-0.15, -0.1) is 0 Å². The zero-order valence-electron chi connectivity index (χ0n) is 12.5. The maximum Gasteiger partial charge on any atom is 0.267 e. The smallest absolute Gasteiger partial charge is 0.267 e. The molecular formula is C14H22N4O3. The molecule has 1 aromatic rings. The molecule has 0 spiro atoms. The third kappa shape index (κ3) is 4.56. The molecule has 2 heterocycles. The van der Waals surface area contributed by atoms with Crippen LogP contribution in [0.3, 0.4) is 0 Å². The molecule has 0 unspecified atom stereocenters. The second kappa shape index (κ2) is 7.21. The number of carbonyl (C=O) groups is 1. The van der Waals surface area contributed by atoms with Crippen LogP contribution in [-0.2, 0) is 16.1 Å². The van der Waals surface area contributed by atoms with Crippen LogP contribution < -0.4 is 15.8 Å². The lowest BCUT2D eigenvalue weighted by Gasteiger charge is -2.27. The van der Waals surface area contributed by atoms with Gasteiger partial charge in [0.2, 0.25) is 5.91 Å². The minimum atomic E-state index is -0.272. The highest BCUT2D eigenvalue weighted by Crippen LogP contribution is 2.09. The van der Waals surface area contributed by atoms with Crippen molar-refractivity contribution in [3.63, 3.8) is 0 Å². The Hall–Kier alpha value is -1.89. The van der Waals surface area contributed by atoms with Crippen LogP contribution in [-0.4, -0.2) is 48.5 Å². The first-order valence-corrected chi connectivity index (χ1v) is 7.24. The Morgan fingerprint density at radius 3 is 2.76 bits per heavy atom. The van der Waals surface area contributed by atoms with Crippen LogP contribution in [0.15, 0.2) is 16.9 Å². The number of hydrogen-bond acceptors (Lipinski definition) is 5. The van der Waals surface area contributed by atoms with E-state index in [2.05, 4.69) is 10.4 Å². The Morgan fingerprint density at radius 2 is 2.10 bits per heavy atom. The lowest BCUT2D eigenvalue weighted by Crippen LogP contribution is -2.39. The largest absolute Gasteiger partial charge is 0.378 e. The van der Waals surface area contributed by atoms with Crippen molar-refractivity contribution in [3.05, 3.63) is 22.5 Å². The second-order valence-electron chi connectivity index (χ2n) is 5.48. The van der Waals surface area contributed by atoms with E-state index in [1.54, 1.807) is 6.07 Å². The number of morpholine rings is 1. The number of nitrogens with zero attached hydrogens (tertiary/aromatic N) is 3. The van der Waals surface area contributed by atoms with Gasteiger partial charge in [0.1, 0.15) is 12.4 Å². The summed E-state index contributed by atoms with van der Waals surface area (Å²) < 4.78 is 6.50. The van der Waals surface area contributed by atoms with E-state index in [0.29, 0.717) is 31.5 Å². The molecule has 1 aliphatic heterocycles. The summed E-state index contributed by atoms with van der Waals surface area (Å²) in [4.78, 5) is 25.7. The predicted octanol–water partition coefficient (Wildman–Crippen LogP) is -0.148. The van der Waals surface area contributed by atoms with E-state index in [4.69, 9.17) is 4.74 Å². The van der Waals surface area contributed by atoms with Crippen LogP contribution in [0, 0.1) is 5.92 Å². The van der Waals surface area contributed by atoms with E-state index in [0.717, 1.165) is 13.1 Å². The Balaban J connectivity index is 2.04. The molecule has 2 rings (SSSR count). The van der Waals surface area contributed by atoms with Crippen molar-refractivity contribution >= 4 is 11.7 Å². The van der Waals surface area contributed by atoms with Crippen LogP contribution in [0.2, 0.25) is 0 Å². The highest BCUT2D eigenvalue weighted by atomic mass is 16.5. The van der Waals surface area contributed by atoms with Crippen molar-refractivity contribution in [2.75, 3.05) is 37.7 Å². The van der Waals surface area contributed by atoms with Crippen LogP contribution in [0.4, 0.5) is 5.82 Å². The number of rotatable bonds is 5. The van der Waals surface area contributed by atoms with E-state index < -0.39 is 0 Å². The highest BCUT2D eigenvalue weighted by Gasteiger charge is 2.14. The van der Waals surface area contributed by atoms with Crippen molar-refractivity contribution in [2.24, 2.45) is 5.92 Å². The van der Waals surface area contributed by atoms with Crippen molar-refractivity contribution < 1.29 is 9.53 Å². The summed E-state index contributed by atoms with van der Waals surface area (Å²) in [5.41, 5.74) is -0.272. The lowest BCUT2D eigenvalue weighted by molar-refractivity contribution is -0.122. The molecule has 0 aromatic carbocycles. The molecule has 0 bridgehead atoms. The molecular weight excluding hydrogens is 272 g/mol. The zero-order chi connectivity index (χ0) is 15.2. The number of ether oxygens (including phenoxy) is 1. The molecule has 7 nitrogen and oxygen atoms in total. The normalized spacial score (nSPS) is 15.3. The van der Waals surface area contributed by atoms with Gasteiger partial charge in [-0.25, -0.2) is 4.68 Å². The molecule has 0 atom stereocenters. The van der Waals surface area contributed by atoms with Gasteiger partial charge >= 0.3 is 0 Å². The van der Waals surface area contributed by atoms with Gasteiger partial charge in [-0.2, -0.15) is 5.10 Å². The van der Waals surface area contributed by atoms with E-state index in [1.807, 2.05) is 18.7 Å². The van der Waals surface area contributed by atoms with E-state index in [-0.39, 0.29) is 18.0 Å². The van der Waals surface area contributed by atoms with Gasteiger partial charge in [0.05, 0.1) is 13.2 Å². The average Bonchev–Trinajstić information content (AvgIpc) is 2.48. The van der Waals surface area contributed by atoms with Gasteiger partial charge in [-0.1, -0.05) is 13.8 Å². The van der Waals surface area contributed by atoms with E-state index >= 15 is 0 Å². The third-order valence-electron chi connectivity index (χ3n) is 3.19. The minimum Gasteiger partial charge on any atom is -0.378 e. The number of anilines is 1. The Bertz CT molecular complexity index is 535. The van der Waals surface area contributed by atoms with Crippen molar-refractivity contribution in [1.29, 1.82) is 0 Å². The summed E-state index contributed by atoms with van der Waals surface area (Å²) in [6, 6.07) is 3.14. The Labute approximate surface area is 123 Å². The molecule has 1 N–H and O–H groups in total. The molecule has 0 saturated carbocycles. The topological polar surface area (TPSA) is 76.5 Å². The molecule has 21 heavy (non-hydrogen) atoms. The third-order valence-corrected chi connectivity index (χ3v) is 3.19. The number of aromatic nitrogens is 2. The zero-order valence-corrected chi connectivity index (χ0v) is 12.5. The fourth-order valence-corrected chi connectivity index (χ4v) is 2.02. The maximum absolute atomic E-state index is 11.8. The van der Waals surface area contributed by atoms with Gasteiger partial charge in [0.25, 0.3) is 5.56 Å². The van der Waals surface area contributed by atoms with Crippen LogP contribution in [0.25, 0.3) is 0 Å². The summed E-state index contributed by atoms with van der Waals surface area (Å²) in [6.45, 7) is 7.36. The van der Waals surface area contributed by atoms with Crippen LogP contribution in [0.5, 0.6) is 0 Å². The van der Waals surface area contributed by atoms with Gasteiger partial charge in [-0.3, -0.25) is 9.59 Å². The first-order valence-electron chi connectivity index (χ1n) is 7.24. The molecule has 1 amide bonds. The standard InChI is InChI=1S/C14H22N4O3/c1-11(2)9-15-13(19)10-18-14(20)4-3-12(16-18)17-5-7-21-8-6-17/h3-4,11H,5-10H2,1-2H3,(H,15,19). The molecule has 7 heteroatoms. The predicted molar refractivity (Wildman–Crippen MR) is 79.4 cm³/mol. The summed E-state index contributed by atoms with van der Waals surface area (Å²) >= 11 is 0. The van der Waals surface area contributed by atoms with E-state index in [9.17, 15) is 9.59 Å². The molecule has 116 valence electrons. The molecule has 0 aliphatic carbocycles. The maximum atomic E-state index is 11.8. The summed E-state index contributed by atoms with van der Waals surface area (Å²) in [5, 5.41) is 7.06. The van der Waals surface area contributed by atoms with Crippen molar-refractivity contribution in [1.82, 2.24) is 15.1 Å². The minimum absolute atomic E-state index is 0.0519. The Morgan fingerprint density at radius 1 is 1.38 bits per heavy atom. The summed E-state index contributed by atoms with van der Waals surface area (Å²) in [7, 11) is 0. The highest BCUT2D eigenvalue weighted by molar-refractivity contribution is 5.75. The molecule has 1 aromatic heterocycles. The Kier molecular flexibility index (Phi) is 5.32. The quantitative estimate of drug-likeness (QED) is 0.817. The van der Waals surface area contributed by atoms with E-state index in [1.165, 1.54) is 10.7 Å². The number of hydrogen-bond donors (Lipinski definition) is 1. The molecule has 1 fully saturated rings. The van der Waals surface area contributed by atoms with Gasteiger partial charge in [0, 0.05) is 25.7 Å². The SMILES string of the molecule is CC(C)CNC(=O)Cn1nc(N2CCOCC2)ccc1=O. The van der Waals surface area contributed by atoms with Gasteiger partial charge < -0.3 is 15.0 Å². The fourth-order valence-electron chi connectivity index (χ4n) is 2.02. The lowest BCUT2D eigenvalue weighted by atomic mass is 10.2. The number of amides is 1. The van der Waals surface area contributed by atoms with Crippen molar-refractivity contribution in [3.8, 4) is 0 Å². The summed E-state index contributed by atoms with van der Waals surface area (Å²) in [6.07, 6.45) is 0. The van der Waals surface area contributed by atoms with Crippen molar-refractivity contribution in [2.45, 2.75) is 20.4 Å². The van der Waals surface area contributed by atoms with Crippen LogP contribution in [0.1, 0.15) is 13.8 Å². The first-order chi connectivity index (χ1) is 10.1. The van der Waals surface area contributed by atoms with Gasteiger partial charge in [0.15, 0.2) is 0 Å². The summed E-state index contributed by atoms with van der Waals surface area (Å²) in [5.74, 6) is 0.880. The van der Waals surface area contributed by atoms with Gasteiger partial charge in [-0.05, 0) is 12.0 Å². The van der Waals surface area contributed by atoms with Crippen LogP contribution >= 0.6 is 0 Å². The second-order valence-corrected chi connectivity index (χ2v) is 5.48. The molecule has 1 aliphatic rings. The monoisotopic (exact) mass is 294 g/mol. The fraction of sp³-hybridized carbons (Fsp3) is 0.643.